The normalized spacial score (nSPS) is 13.0. The molecule has 0 fully saturated rings. The lowest BCUT2D eigenvalue weighted by Crippen LogP contribution is -2.37. The number of nitrogens with zero attached hydrogens (tertiary/aromatic N) is 2. The van der Waals surface area contributed by atoms with Gasteiger partial charge in [-0.2, -0.15) is 5.10 Å². The molecule has 0 aliphatic carbocycles. The zero-order chi connectivity index (χ0) is 11.1. The Kier molecular flexibility index (Phi) is 5.31. The first-order valence-corrected chi connectivity index (χ1v) is 5.26. The highest BCUT2D eigenvalue weighted by molar-refractivity contribution is 5.06. The summed E-state index contributed by atoms with van der Waals surface area (Å²) in [6.45, 7) is 3.69. The number of methoxy groups -OCH3 is 1. The van der Waals surface area contributed by atoms with Crippen LogP contribution in [0.2, 0.25) is 0 Å². The van der Waals surface area contributed by atoms with Crippen molar-refractivity contribution in [2.75, 3.05) is 13.7 Å². The van der Waals surface area contributed by atoms with Crippen LogP contribution in [0.1, 0.15) is 18.9 Å². The Balaban J connectivity index is 2.43. The van der Waals surface area contributed by atoms with Gasteiger partial charge < -0.3 is 4.74 Å². The lowest BCUT2D eigenvalue weighted by Gasteiger charge is -2.13. The maximum Gasteiger partial charge on any atom is 0.0522 e. The number of nitrogens with two attached hydrogens (primary N) is 1. The molecular formula is C10H20N4O. The second kappa shape index (κ2) is 6.55. The molecular weight excluding hydrogens is 192 g/mol. The highest BCUT2D eigenvalue weighted by atomic mass is 16.5. The van der Waals surface area contributed by atoms with Crippen LogP contribution in [-0.2, 0) is 17.7 Å². The van der Waals surface area contributed by atoms with E-state index in [9.17, 15) is 0 Å². The summed E-state index contributed by atoms with van der Waals surface area (Å²) >= 11 is 0. The van der Waals surface area contributed by atoms with Crippen molar-refractivity contribution in [1.29, 1.82) is 0 Å². The number of aryl methyl sites for hydroxylation is 1. The lowest BCUT2D eigenvalue weighted by atomic mass is 10.1. The van der Waals surface area contributed by atoms with E-state index in [0.29, 0.717) is 0 Å². The molecule has 86 valence electrons. The summed E-state index contributed by atoms with van der Waals surface area (Å²) in [7, 11) is 1.70. The van der Waals surface area contributed by atoms with Crippen molar-refractivity contribution in [3.05, 3.63) is 18.0 Å². The molecule has 0 bridgehead atoms. The summed E-state index contributed by atoms with van der Waals surface area (Å²) in [5.74, 6) is 5.47. The van der Waals surface area contributed by atoms with E-state index in [1.165, 1.54) is 5.56 Å². The summed E-state index contributed by atoms with van der Waals surface area (Å²) in [5.41, 5.74) is 4.00. The summed E-state index contributed by atoms with van der Waals surface area (Å²) in [4.78, 5) is 0. The molecule has 3 N–H and O–H groups in total. The number of aromatic nitrogens is 2. The topological polar surface area (TPSA) is 65.1 Å². The fourth-order valence-electron chi connectivity index (χ4n) is 1.47. The van der Waals surface area contributed by atoms with Crippen LogP contribution in [0.3, 0.4) is 0 Å². The number of hydrogen-bond donors (Lipinski definition) is 2. The summed E-state index contributed by atoms with van der Waals surface area (Å²) in [6, 6.07) is 0.249. The molecule has 5 heteroatoms. The SMILES string of the molecule is CCn1cc(CC(CCOC)NN)cn1. The Labute approximate surface area is 90.6 Å². The van der Waals surface area contributed by atoms with E-state index in [4.69, 9.17) is 10.6 Å². The predicted octanol–water partition coefficient (Wildman–Crippen LogP) is 0.314. The third kappa shape index (κ3) is 3.99. The van der Waals surface area contributed by atoms with Crippen molar-refractivity contribution in [2.24, 2.45) is 5.84 Å². The van der Waals surface area contributed by atoms with Crippen molar-refractivity contribution >= 4 is 0 Å². The van der Waals surface area contributed by atoms with Crippen LogP contribution in [0.15, 0.2) is 12.4 Å². The van der Waals surface area contributed by atoms with Gasteiger partial charge in [0.2, 0.25) is 0 Å². The van der Waals surface area contributed by atoms with E-state index >= 15 is 0 Å². The highest BCUT2D eigenvalue weighted by Crippen LogP contribution is 2.04. The molecule has 1 heterocycles. The zero-order valence-corrected chi connectivity index (χ0v) is 9.44. The maximum absolute atomic E-state index is 5.47. The summed E-state index contributed by atoms with van der Waals surface area (Å²) in [6.07, 6.45) is 5.74. The third-order valence-corrected chi connectivity index (χ3v) is 2.40. The van der Waals surface area contributed by atoms with Crippen molar-refractivity contribution in [3.63, 3.8) is 0 Å². The molecule has 0 saturated carbocycles. The number of nitrogens with one attached hydrogen (secondary N) is 1. The number of rotatable bonds is 7. The first-order valence-electron chi connectivity index (χ1n) is 5.26. The van der Waals surface area contributed by atoms with Crippen LogP contribution in [-0.4, -0.2) is 29.5 Å². The third-order valence-electron chi connectivity index (χ3n) is 2.40. The summed E-state index contributed by atoms with van der Waals surface area (Å²) in [5, 5.41) is 4.22. The van der Waals surface area contributed by atoms with Crippen LogP contribution >= 0.6 is 0 Å². The van der Waals surface area contributed by atoms with Crippen molar-refractivity contribution < 1.29 is 4.74 Å². The quantitative estimate of drug-likeness (QED) is 0.504. The average molecular weight is 212 g/mol. The molecule has 1 rings (SSSR count). The summed E-state index contributed by atoms with van der Waals surface area (Å²) < 4.78 is 6.94. The van der Waals surface area contributed by atoms with Gasteiger partial charge in [-0.25, -0.2) is 0 Å². The Morgan fingerprint density at radius 3 is 3.00 bits per heavy atom. The first kappa shape index (κ1) is 12.2. The molecule has 0 amide bonds. The monoisotopic (exact) mass is 212 g/mol. The molecule has 0 aliphatic heterocycles. The number of ether oxygens (including phenoxy) is 1. The van der Waals surface area contributed by atoms with Gasteiger partial charge in [-0.15, -0.1) is 0 Å². The number of hydrazine groups is 1. The fourth-order valence-corrected chi connectivity index (χ4v) is 1.47. The molecule has 1 aromatic heterocycles. The highest BCUT2D eigenvalue weighted by Gasteiger charge is 2.08. The van der Waals surface area contributed by atoms with Gasteiger partial charge in [0.15, 0.2) is 0 Å². The molecule has 0 saturated heterocycles. The zero-order valence-electron chi connectivity index (χ0n) is 9.44. The predicted molar refractivity (Wildman–Crippen MR) is 59.2 cm³/mol. The molecule has 15 heavy (non-hydrogen) atoms. The van der Waals surface area contributed by atoms with Crippen LogP contribution in [0.25, 0.3) is 0 Å². The fraction of sp³-hybridized carbons (Fsp3) is 0.700. The van der Waals surface area contributed by atoms with Crippen LogP contribution < -0.4 is 11.3 Å². The molecule has 0 spiro atoms. The van der Waals surface area contributed by atoms with Gasteiger partial charge in [-0.1, -0.05) is 0 Å². The van der Waals surface area contributed by atoms with Crippen LogP contribution in [0.4, 0.5) is 0 Å². The minimum atomic E-state index is 0.249. The van der Waals surface area contributed by atoms with E-state index in [1.807, 2.05) is 10.9 Å². The van der Waals surface area contributed by atoms with E-state index in [2.05, 4.69) is 23.6 Å². The van der Waals surface area contributed by atoms with Gasteiger partial charge in [-0.3, -0.25) is 16.0 Å². The van der Waals surface area contributed by atoms with E-state index in [1.54, 1.807) is 7.11 Å². The Morgan fingerprint density at radius 1 is 1.67 bits per heavy atom. The van der Waals surface area contributed by atoms with Crippen LogP contribution in [0, 0.1) is 0 Å². The molecule has 1 atom stereocenters. The molecule has 1 aromatic rings. The van der Waals surface area contributed by atoms with Gasteiger partial charge in [0, 0.05) is 32.5 Å². The molecule has 0 aromatic carbocycles. The Bertz CT molecular complexity index is 274. The largest absolute Gasteiger partial charge is 0.385 e. The Morgan fingerprint density at radius 2 is 2.47 bits per heavy atom. The van der Waals surface area contributed by atoms with Crippen molar-refractivity contribution in [3.8, 4) is 0 Å². The van der Waals surface area contributed by atoms with Crippen molar-refractivity contribution in [2.45, 2.75) is 32.4 Å². The smallest absolute Gasteiger partial charge is 0.0522 e. The first-order chi connectivity index (χ1) is 7.30. The molecule has 0 aliphatic rings. The van der Waals surface area contributed by atoms with Crippen molar-refractivity contribution in [1.82, 2.24) is 15.2 Å². The molecule has 0 radical (unpaired) electrons. The van der Waals surface area contributed by atoms with E-state index in [-0.39, 0.29) is 6.04 Å². The Hall–Kier alpha value is -0.910. The van der Waals surface area contributed by atoms with E-state index < -0.39 is 0 Å². The second-order valence-corrected chi connectivity index (χ2v) is 3.55. The van der Waals surface area contributed by atoms with Gasteiger partial charge in [0.05, 0.1) is 6.20 Å². The van der Waals surface area contributed by atoms with Gasteiger partial charge >= 0.3 is 0 Å². The van der Waals surface area contributed by atoms with E-state index in [0.717, 1.165) is 26.0 Å². The number of hydrogen-bond acceptors (Lipinski definition) is 4. The van der Waals surface area contributed by atoms with Crippen LogP contribution in [0.5, 0.6) is 0 Å². The standard InChI is InChI=1S/C10H20N4O/c1-3-14-8-9(7-12-14)6-10(13-11)4-5-15-2/h7-8,10,13H,3-6,11H2,1-2H3. The minimum absolute atomic E-state index is 0.249. The van der Waals surface area contributed by atoms with Gasteiger partial charge in [0.1, 0.15) is 0 Å². The maximum atomic E-state index is 5.47. The molecule has 5 nitrogen and oxygen atoms in total. The molecule has 1 unspecified atom stereocenters. The van der Waals surface area contributed by atoms with Gasteiger partial charge in [-0.05, 0) is 25.3 Å². The average Bonchev–Trinajstić information content (AvgIpc) is 2.71. The minimum Gasteiger partial charge on any atom is -0.385 e. The second-order valence-electron chi connectivity index (χ2n) is 3.55. The lowest BCUT2D eigenvalue weighted by molar-refractivity contribution is 0.182. The van der Waals surface area contributed by atoms with Gasteiger partial charge in [0.25, 0.3) is 0 Å².